The SMILES string of the molecule is CCCCC(=O)NC(=S)Nc1ccc(Cl)c(-c2ccc(CO)o2)c1. The maximum atomic E-state index is 11.7. The first-order valence-corrected chi connectivity index (χ1v) is 8.42. The van der Waals surface area contributed by atoms with E-state index in [1.54, 1.807) is 30.3 Å². The number of unbranched alkanes of at least 4 members (excludes halogenated alkanes) is 1. The van der Waals surface area contributed by atoms with E-state index < -0.39 is 0 Å². The smallest absolute Gasteiger partial charge is 0.226 e. The largest absolute Gasteiger partial charge is 0.459 e. The number of furan rings is 1. The van der Waals surface area contributed by atoms with Crippen LogP contribution in [0.15, 0.2) is 34.7 Å². The van der Waals surface area contributed by atoms with E-state index in [4.69, 9.17) is 33.3 Å². The average Bonchev–Trinajstić information content (AvgIpc) is 3.03. The van der Waals surface area contributed by atoms with Crippen molar-refractivity contribution < 1.29 is 14.3 Å². The van der Waals surface area contributed by atoms with Crippen LogP contribution in [0.4, 0.5) is 5.69 Å². The van der Waals surface area contributed by atoms with Crippen LogP contribution >= 0.6 is 23.8 Å². The molecular weight excluding hydrogens is 348 g/mol. The highest BCUT2D eigenvalue weighted by molar-refractivity contribution is 7.80. The van der Waals surface area contributed by atoms with Crippen molar-refractivity contribution in [2.45, 2.75) is 32.8 Å². The lowest BCUT2D eigenvalue weighted by atomic mass is 10.1. The molecule has 0 radical (unpaired) electrons. The van der Waals surface area contributed by atoms with Crippen LogP contribution in [0.2, 0.25) is 5.02 Å². The van der Waals surface area contributed by atoms with Gasteiger partial charge in [-0.3, -0.25) is 4.79 Å². The van der Waals surface area contributed by atoms with E-state index in [-0.39, 0.29) is 17.6 Å². The summed E-state index contributed by atoms with van der Waals surface area (Å²) in [5, 5.41) is 15.4. The van der Waals surface area contributed by atoms with Crippen molar-refractivity contribution in [3.63, 3.8) is 0 Å². The van der Waals surface area contributed by atoms with Gasteiger partial charge in [0.25, 0.3) is 0 Å². The minimum atomic E-state index is -0.177. The summed E-state index contributed by atoms with van der Waals surface area (Å²) < 4.78 is 5.50. The van der Waals surface area contributed by atoms with Gasteiger partial charge in [-0.1, -0.05) is 24.9 Å². The topological polar surface area (TPSA) is 74.5 Å². The van der Waals surface area contributed by atoms with E-state index in [9.17, 15) is 4.79 Å². The maximum absolute atomic E-state index is 11.7. The summed E-state index contributed by atoms with van der Waals surface area (Å²) in [6, 6.07) is 8.66. The first kappa shape index (κ1) is 18.4. The molecule has 0 aliphatic heterocycles. The van der Waals surface area contributed by atoms with Gasteiger partial charge < -0.3 is 20.2 Å². The van der Waals surface area contributed by atoms with Gasteiger partial charge in [-0.2, -0.15) is 0 Å². The van der Waals surface area contributed by atoms with Crippen LogP contribution in [0.3, 0.4) is 0 Å². The van der Waals surface area contributed by atoms with Crippen molar-refractivity contribution >= 4 is 40.5 Å². The summed E-state index contributed by atoms with van der Waals surface area (Å²) in [7, 11) is 0. The number of anilines is 1. The molecule has 3 N–H and O–H groups in total. The molecule has 2 rings (SSSR count). The Morgan fingerprint density at radius 1 is 1.33 bits per heavy atom. The Labute approximate surface area is 151 Å². The molecule has 128 valence electrons. The number of halogens is 1. The second-order valence-electron chi connectivity index (χ2n) is 5.22. The normalized spacial score (nSPS) is 10.5. The van der Waals surface area contributed by atoms with Gasteiger partial charge in [-0.25, -0.2) is 0 Å². The van der Waals surface area contributed by atoms with E-state index in [1.807, 2.05) is 6.92 Å². The lowest BCUT2D eigenvalue weighted by Gasteiger charge is -2.11. The van der Waals surface area contributed by atoms with Gasteiger partial charge in [-0.15, -0.1) is 0 Å². The van der Waals surface area contributed by atoms with E-state index in [1.165, 1.54) is 0 Å². The molecule has 0 aliphatic carbocycles. The highest BCUT2D eigenvalue weighted by Gasteiger charge is 2.11. The number of hydrogen-bond acceptors (Lipinski definition) is 4. The van der Waals surface area contributed by atoms with Crippen LogP contribution in [-0.4, -0.2) is 16.1 Å². The third-order valence-electron chi connectivity index (χ3n) is 3.32. The number of amides is 1. The highest BCUT2D eigenvalue weighted by atomic mass is 35.5. The summed E-state index contributed by atoms with van der Waals surface area (Å²) in [6.07, 6.45) is 2.22. The number of nitrogens with one attached hydrogen (secondary N) is 2. The zero-order chi connectivity index (χ0) is 17.5. The predicted octanol–water partition coefficient (Wildman–Crippen LogP) is 4.10. The Morgan fingerprint density at radius 3 is 2.79 bits per heavy atom. The molecule has 24 heavy (non-hydrogen) atoms. The fourth-order valence-electron chi connectivity index (χ4n) is 2.09. The molecule has 0 saturated heterocycles. The second kappa shape index (κ2) is 8.82. The van der Waals surface area contributed by atoms with Gasteiger partial charge in [0.15, 0.2) is 5.11 Å². The Bertz CT molecular complexity index is 730. The van der Waals surface area contributed by atoms with E-state index >= 15 is 0 Å². The Kier molecular flexibility index (Phi) is 6.78. The molecule has 0 saturated carbocycles. The molecule has 0 fully saturated rings. The number of hydrogen-bond donors (Lipinski definition) is 3. The van der Waals surface area contributed by atoms with Gasteiger partial charge in [0.05, 0.1) is 5.02 Å². The van der Waals surface area contributed by atoms with Gasteiger partial charge in [0.2, 0.25) is 5.91 Å². The number of aliphatic hydroxyl groups is 1. The molecule has 0 bridgehead atoms. The molecule has 0 spiro atoms. The number of carbonyl (C=O) groups excluding carboxylic acids is 1. The molecule has 2 aromatic rings. The molecule has 0 atom stereocenters. The monoisotopic (exact) mass is 366 g/mol. The quantitative estimate of drug-likeness (QED) is 0.671. The van der Waals surface area contributed by atoms with Crippen molar-refractivity contribution in [3.8, 4) is 11.3 Å². The Morgan fingerprint density at radius 2 is 2.12 bits per heavy atom. The van der Waals surface area contributed by atoms with Crippen molar-refractivity contribution in [1.82, 2.24) is 5.32 Å². The number of carbonyl (C=O) groups is 1. The maximum Gasteiger partial charge on any atom is 0.226 e. The summed E-state index contributed by atoms with van der Waals surface area (Å²) in [5.41, 5.74) is 1.35. The molecule has 7 heteroatoms. The van der Waals surface area contributed by atoms with Gasteiger partial charge >= 0.3 is 0 Å². The lowest BCUT2D eigenvalue weighted by Crippen LogP contribution is -2.33. The van der Waals surface area contributed by atoms with Crippen LogP contribution in [0, 0.1) is 0 Å². The van der Waals surface area contributed by atoms with Crippen molar-refractivity contribution in [3.05, 3.63) is 41.1 Å². The summed E-state index contributed by atoms with van der Waals surface area (Å²) in [6.45, 7) is 1.85. The van der Waals surface area contributed by atoms with Crippen molar-refractivity contribution in [1.29, 1.82) is 0 Å². The minimum absolute atomic E-state index is 0.109. The number of rotatable bonds is 6. The number of thiocarbonyl (C=S) groups is 1. The Hall–Kier alpha value is -1.89. The number of aliphatic hydroxyl groups excluding tert-OH is 1. The lowest BCUT2D eigenvalue weighted by molar-refractivity contribution is -0.119. The van der Waals surface area contributed by atoms with Crippen molar-refractivity contribution in [2.75, 3.05) is 5.32 Å². The van der Waals surface area contributed by atoms with Crippen LogP contribution in [0.1, 0.15) is 31.9 Å². The van der Waals surface area contributed by atoms with Gasteiger partial charge in [0, 0.05) is 17.7 Å². The average molecular weight is 367 g/mol. The molecule has 1 aromatic heterocycles. The van der Waals surface area contributed by atoms with Crippen LogP contribution in [0.5, 0.6) is 0 Å². The standard InChI is InChI=1S/C17H19ClN2O3S/c1-2-3-4-16(22)20-17(24)19-11-5-7-14(18)13(9-11)15-8-6-12(10-21)23-15/h5-9,21H,2-4,10H2,1H3,(H2,19,20,22,24). The third kappa shape index (κ3) is 5.06. The van der Waals surface area contributed by atoms with E-state index in [0.717, 1.165) is 12.8 Å². The molecule has 1 aromatic carbocycles. The van der Waals surface area contributed by atoms with Crippen LogP contribution < -0.4 is 10.6 Å². The molecule has 1 heterocycles. The summed E-state index contributed by atoms with van der Waals surface area (Å²) >= 11 is 11.4. The molecule has 0 aliphatic rings. The van der Waals surface area contributed by atoms with Crippen LogP contribution in [0.25, 0.3) is 11.3 Å². The van der Waals surface area contributed by atoms with E-state index in [0.29, 0.717) is 34.2 Å². The Balaban J connectivity index is 2.07. The minimum Gasteiger partial charge on any atom is -0.459 e. The first-order valence-electron chi connectivity index (χ1n) is 7.63. The molecular formula is C17H19ClN2O3S. The third-order valence-corrected chi connectivity index (χ3v) is 3.85. The molecule has 5 nitrogen and oxygen atoms in total. The van der Waals surface area contributed by atoms with Gasteiger partial charge in [-0.05, 0) is 49.0 Å². The predicted molar refractivity (Wildman–Crippen MR) is 99.0 cm³/mol. The van der Waals surface area contributed by atoms with Gasteiger partial charge in [0.1, 0.15) is 18.1 Å². The second-order valence-corrected chi connectivity index (χ2v) is 6.04. The fraction of sp³-hybridized carbons (Fsp3) is 0.294. The molecule has 0 unspecified atom stereocenters. The van der Waals surface area contributed by atoms with Crippen LogP contribution in [-0.2, 0) is 11.4 Å². The highest BCUT2D eigenvalue weighted by Crippen LogP contribution is 2.32. The summed E-state index contributed by atoms with van der Waals surface area (Å²) in [5.74, 6) is 0.894. The number of benzene rings is 1. The summed E-state index contributed by atoms with van der Waals surface area (Å²) in [4.78, 5) is 11.7. The van der Waals surface area contributed by atoms with Crippen molar-refractivity contribution in [2.24, 2.45) is 0 Å². The zero-order valence-electron chi connectivity index (χ0n) is 13.3. The van der Waals surface area contributed by atoms with E-state index in [2.05, 4.69) is 10.6 Å². The molecule has 1 amide bonds. The fourth-order valence-corrected chi connectivity index (χ4v) is 2.53. The first-order chi connectivity index (χ1) is 11.5. The zero-order valence-corrected chi connectivity index (χ0v) is 14.8.